The van der Waals surface area contributed by atoms with E-state index in [4.69, 9.17) is 0 Å². The highest BCUT2D eigenvalue weighted by molar-refractivity contribution is 9.09. The van der Waals surface area contributed by atoms with Crippen LogP contribution in [0.4, 0.5) is 11.4 Å². The first-order chi connectivity index (χ1) is 11.4. The SMILES string of the molecule is CN(C)c1ccc([Si](C)(CCCBr)c2ccc(N(C)C)cc2)cc1. The number of hydrogen-bond donors (Lipinski definition) is 0. The number of nitrogens with zero attached hydrogens (tertiary/aromatic N) is 2. The normalized spacial score (nSPS) is 11.4. The van der Waals surface area contributed by atoms with Crippen LogP contribution < -0.4 is 20.2 Å². The van der Waals surface area contributed by atoms with Crippen molar-refractivity contribution in [2.45, 2.75) is 19.0 Å². The molecule has 0 aliphatic carbocycles. The first-order valence-electron chi connectivity index (χ1n) is 8.50. The van der Waals surface area contributed by atoms with Crippen LogP contribution in [-0.4, -0.2) is 41.6 Å². The molecule has 24 heavy (non-hydrogen) atoms. The summed E-state index contributed by atoms with van der Waals surface area (Å²) < 4.78 is 0. The zero-order valence-electron chi connectivity index (χ0n) is 15.5. The van der Waals surface area contributed by atoms with E-state index in [2.05, 4.69) is 109 Å². The van der Waals surface area contributed by atoms with Gasteiger partial charge in [0.05, 0.1) is 0 Å². The molecule has 0 radical (unpaired) electrons. The van der Waals surface area contributed by atoms with Crippen LogP contribution in [-0.2, 0) is 0 Å². The van der Waals surface area contributed by atoms with Crippen molar-refractivity contribution in [3.05, 3.63) is 48.5 Å². The highest BCUT2D eigenvalue weighted by Gasteiger charge is 2.31. The van der Waals surface area contributed by atoms with Crippen molar-refractivity contribution in [1.29, 1.82) is 0 Å². The molecule has 0 saturated heterocycles. The van der Waals surface area contributed by atoms with E-state index in [0.717, 1.165) is 5.33 Å². The first-order valence-corrected chi connectivity index (χ1v) is 12.3. The molecule has 0 saturated carbocycles. The Morgan fingerprint density at radius 2 is 1.12 bits per heavy atom. The highest BCUT2D eigenvalue weighted by atomic mass is 79.9. The number of halogens is 1. The molecular weight excluding hydrogens is 376 g/mol. The third-order valence-corrected chi connectivity index (χ3v) is 9.98. The molecule has 0 heterocycles. The fraction of sp³-hybridized carbons (Fsp3) is 0.400. The Morgan fingerprint density at radius 3 is 1.42 bits per heavy atom. The predicted octanol–water partition coefficient (Wildman–Crippen LogP) is 3.80. The Kier molecular flexibility index (Phi) is 6.52. The average Bonchev–Trinajstić information content (AvgIpc) is 2.59. The maximum absolute atomic E-state index is 3.62. The van der Waals surface area contributed by atoms with Crippen molar-refractivity contribution < 1.29 is 0 Å². The lowest BCUT2D eigenvalue weighted by molar-refractivity contribution is 1.08. The summed E-state index contributed by atoms with van der Waals surface area (Å²) in [6, 6.07) is 19.6. The largest absolute Gasteiger partial charge is 0.378 e. The second-order valence-electron chi connectivity index (χ2n) is 7.01. The molecule has 0 aromatic heterocycles. The molecule has 0 spiro atoms. The van der Waals surface area contributed by atoms with E-state index >= 15 is 0 Å². The summed E-state index contributed by atoms with van der Waals surface area (Å²) in [5, 5.41) is 4.11. The van der Waals surface area contributed by atoms with Gasteiger partial charge in [-0.15, -0.1) is 0 Å². The number of benzene rings is 2. The number of rotatable bonds is 7. The summed E-state index contributed by atoms with van der Waals surface area (Å²) in [5.41, 5.74) is 2.53. The van der Waals surface area contributed by atoms with Crippen LogP contribution >= 0.6 is 15.9 Å². The van der Waals surface area contributed by atoms with Gasteiger partial charge in [0, 0.05) is 44.9 Å². The first kappa shape index (κ1) is 19.1. The van der Waals surface area contributed by atoms with Crippen LogP contribution in [0.15, 0.2) is 48.5 Å². The topological polar surface area (TPSA) is 6.48 Å². The van der Waals surface area contributed by atoms with Crippen molar-refractivity contribution in [2.24, 2.45) is 0 Å². The lowest BCUT2D eigenvalue weighted by atomic mass is 10.3. The Hall–Kier alpha value is -1.26. The van der Waals surface area contributed by atoms with E-state index in [0.29, 0.717) is 0 Å². The molecule has 0 N–H and O–H groups in total. The lowest BCUT2D eigenvalue weighted by Crippen LogP contribution is -2.55. The molecule has 130 valence electrons. The molecule has 2 nitrogen and oxygen atoms in total. The van der Waals surface area contributed by atoms with Crippen LogP contribution in [0.2, 0.25) is 12.6 Å². The minimum Gasteiger partial charge on any atom is -0.378 e. The quantitative estimate of drug-likeness (QED) is 0.511. The molecular formula is C20H29BrN2Si. The van der Waals surface area contributed by atoms with E-state index in [-0.39, 0.29) is 0 Å². The van der Waals surface area contributed by atoms with Gasteiger partial charge in [-0.25, -0.2) is 0 Å². The Bertz CT molecular complexity index is 584. The van der Waals surface area contributed by atoms with Gasteiger partial charge >= 0.3 is 0 Å². The third-order valence-electron chi connectivity index (χ3n) is 4.85. The molecule has 2 aromatic rings. The highest BCUT2D eigenvalue weighted by Crippen LogP contribution is 2.19. The molecule has 0 aliphatic heterocycles. The van der Waals surface area contributed by atoms with Crippen molar-refractivity contribution in [1.82, 2.24) is 0 Å². The summed E-state index contributed by atoms with van der Waals surface area (Å²) in [6.07, 6.45) is 1.22. The standard InChI is InChI=1S/C20H29BrN2Si/c1-22(2)17-7-11-19(12-8-17)24(5,16-6-15-21)20-13-9-18(10-14-20)23(3)4/h7-14H,6,15-16H2,1-5H3. The summed E-state index contributed by atoms with van der Waals surface area (Å²) >= 11 is 3.62. The smallest absolute Gasteiger partial charge is 0.115 e. The zero-order chi connectivity index (χ0) is 17.7. The van der Waals surface area contributed by atoms with Crippen molar-refractivity contribution in [3.63, 3.8) is 0 Å². The van der Waals surface area contributed by atoms with E-state index in [9.17, 15) is 0 Å². The molecule has 0 unspecified atom stereocenters. The molecule has 0 fully saturated rings. The monoisotopic (exact) mass is 404 g/mol. The van der Waals surface area contributed by atoms with Crippen molar-refractivity contribution >= 4 is 45.8 Å². The zero-order valence-corrected chi connectivity index (χ0v) is 18.1. The van der Waals surface area contributed by atoms with Gasteiger partial charge in [-0.1, -0.05) is 57.1 Å². The summed E-state index contributed by atoms with van der Waals surface area (Å²) in [5.74, 6) is 0. The Morgan fingerprint density at radius 1 is 0.750 bits per heavy atom. The second-order valence-corrected chi connectivity index (χ2v) is 12.1. The third kappa shape index (κ3) is 4.22. The van der Waals surface area contributed by atoms with Crippen LogP contribution in [0.5, 0.6) is 0 Å². The van der Waals surface area contributed by atoms with E-state index in [1.807, 2.05) is 0 Å². The average molecular weight is 405 g/mol. The van der Waals surface area contributed by atoms with E-state index in [1.54, 1.807) is 0 Å². The summed E-state index contributed by atoms with van der Waals surface area (Å²) in [6.45, 7) is 2.50. The van der Waals surface area contributed by atoms with Gasteiger partial charge in [-0.2, -0.15) is 0 Å². The molecule has 0 atom stereocenters. The molecule has 0 amide bonds. The van der Waals surface area contributed by atoms with Gasteiger partial charge < -0.3 is 9.80 Å². The van der Waals surface area contributed by atoms with Gasteiger partial charge in [0.2, 0.25) is 0 Å². The van der Waals surface area contributed by atoms with Gasteiger partial charge in [-0.3, -0.25) is 0 Å². The summed E-state index contributed by atoms with van der Waals surface area (Å²) in [4.78, 5) is 4.32. The van der Waals surface area contributed by atoms with Gasteiger partial charge in [0.1, 0.15) is 8.07 Å². The minimum atomic E-state index is -1.71. The molecule has 2 aromatic carbocycles. The van der Waals surface area contributed by atoms with E-state index in [1.165, 1.54) is 34.2 Å². The van der Waals surface area contributed by atoms with Crippen molar-refractivity contribution in [3.8, 4) is 0 Å². The lowest BCUT2D eigenvalue weighted by Gasteiger charge is -2.30. The fourth-order valence-electron chi connectivity index (χ4n) is 3.13. The maximum atomic E-state index is 3.62. The summed E-state index contributed by atoms with van der Waals surface area (Å²) in [7, 11) is 6.67. The van der Waals surface area contributed by atoms with Crippen LogP contribution in [0.3, 0.4) is 0 Å². The molecule has 0 aliphatic rings. The van der Waals surface area contributed by atoms with Crippen LogP contribution in [0.25, 0.3) is 0 Å². The molecule has 0 bridgehead atoms. The van der Waals surface area contributed by atoms with Gasteiger partial charge in [0.15, 0.2) is 0 Å². The van der Waals surface area contributed by atoms with Gasteiger partial charge in [0.25, 0.3) is 0 Å². The predicted molar refractivity (Wildman–Crippen MR) is 116 cm³/mol. The number of hydrogen-bond acceptors (Lipinski definition) is 2. The Balaban J connectivity index is 2.41. The van der Waals surface area contributed by atoms with Crippen LogP contribution in [0, 0.1) is 0 Å². The number of anilines is 2. The van der Waals surface area contributed by atoms with Crippen LogP contribution in [0.1, 0.15) is 6.42 Å². The minimum absolute atomic E-state index is 1.07. The fourth-order valence-corrected chi connectivity index (χ4v) is 7.53. The molecule has 2 rings (SSSR count). The maximum Gasteiger partial charge on any atom is 0.115 e. The second kappa shape index (κ2) is 8.21. The Labute approximate surface area is 156 Å². The number of alkyl halides is 1. The molecule has 4 heteroatoms. The van der Waals surface area contributed by atoms with Crippen molar-refractivity contribution in [2.75, 3.05) is 43.3 Å². The van der Waals surface area contributed by atoms with E-state index < -0.39 is 8.07 Å². The van der Waals surface area contributed by atoms with Gasteiger partial charge in [-0.05, 0) is 36.7 Å².